The van der Waals surface area contributed by atoms with Crippen LogP contribution in [0.3, 0.4) is 0 Å². The molecule has 0 bridgehead atoms. The average Bonchev–Trinajstić information content (AvgIpc) is 2.83. The standard InChI is InChI=1S/C18H27NOS/c1-4-7-15(10-11-20)12-19-14(3)18-13(2)16-8-5-6-9-17(16)21-18/h5-6,8-9,14-15,19-20H,4,7,10-12H2,1-3H3. The lowest BCUT2D eigenvalue weighted by Crippen LogP contribution is -2.26. The highest BCUT2D eigenvalue weighted by Gasteiger charge is 2.15. The van der Waals surface area contributed by atoms with Gasteiger partial charge in [0.05, 0.1) is 0 Å². The molecule has 0 spiro atoms. The summed E-state index contributed by atoms with van der Waals surface area (Å²) in [4.78, 5) is 1.44. The van der Waals surface area contributed by atoms with Gasteiger partial charge in [-0.25, -0.2) is 0 Å². The van der Waals surface area contributed by atoms with Gasteiger partial charge in [-0.05, 0) is 56.2 Å². The molecule has 2 rings (SSSR count). The molecule has 0 fully saturated rings. The highest BCUT2D eigenvalue weighted by Crippen LogP contribution is 2.34. The second-order valence-corrected chi connectivity index (χ2v) is 6.97. The number of aliphatic hydroxyl groups excluding tert-OH is 1. The van der Waals surface area contributed by atoms with Gasteiger partial charge < -0.3 is 10.4 Å². The summed E-state index contributed by atoms with van der Waals surface area (Å²) in [6.45, 7) is 7.97. The molecule has 1 aromatic heterocycles. The minimum atomic E-state index is 0.294. The number of rotatable bonds is 8. The first-order chi connectivity index (χ1) is 10.2. The topological polar surface area (TPSA) is 32.3 Å². The third-order valence-electron chi connectivity index (χ3n) is 4.22. The Hall–Kier alpha value is -0.900. The molecule has 1 aromatic carbocycles. The molecule has 0 saturated carbocycles. The quantitative estimate of drug-likeness (QED) is 0.743. The Bertz CT molecular complexity index is 557. The molecule has 0 aliphatic rings. The lowest BCUT2D eigenvalue weighted by molar-refractivity contribution is 0.246. The molecule has 0 aliphatic carbocycles. The number of aliphatic hydroxyl groups is 1. The van der Waals surface area contributed by atoms with Gasteiger partial charge in [-0.3, -0.25) is 0 Å². The molecular formula is C18H27NOS. The first kappa shape index (κ1) is 16.5. The van der Waals surface area contributed by atoms with Crippen LogP contribution in [0.15, 0.2) is 24.3 Å². The Kier molecular flexibility index (Phi) is 6.22. The van der Waals surface area contributed by atoms with Crippen molar-refractivity contribution in [2.45, 2.75) is 46.1 Å². The molecule has 2 atom stereocenters. The van der Waals surface area contributed by atoms with Crippen LogP contribution in [0.4, 0.5) is 0 Å². The van der Waals surface area contributed by atoms with Crippen LogP contribution in [0.25, 0.3) is 10.1 Å². The van der Waals surface area contributed by atoms with Crippen molar-refractivity contribution in [3.8, 4) is 0 Å². The monoisotopic (exact) mass is 305 g/mol. The highest BCUT2D eigenvalue weighted by atomic mass is 32.1. The summed E-state index contributed by atoms with van der Waals surface area (Å²) in [7, 11) is 0. The van der Waals surface area contributed by atoms with E-state index in [9.17, 15) is 0 Å². The number of thiophene rings is 1. The lowest BCUT2D eigenvalue weighted by Gasteiger charge is -2.19. The number of aryl methyl sites for hydroxylation is 1. The van der Waals surface area contributed by atoms with Crippen LogP contribution in [-0.2, 0) is 0 Å². The van der Waals surface area contributed by atoms with Crippen molar-refractivity contribution < 1.29 is 5.11 Å². The molecule has 2 nitrogen and oxygen atoms in total. The molecule has 3 heteroatoms. The van der Waals surface area contributed by atoms with E-state index in [1.807, 2.05) is 11.3 Å². The summed E-state index contributed by atoms with van der Waals surface area (Å²) < 4.78 is 1.37. The van der Waals surface area contributed by atoms with Crippen molar-refractivity contribution in [2.75, 3.05) is 13.2 Å². The van der Waals surface area contributed by atoms with Crippen LogP contribution in [0.5, 0.6) is 0 Å². The third kappa shape index (κ3) is 4.06. The number of hydrogen-bond acceptors (Lipinski definition) is 3. The zero-order valence-electron chi connectivity index (χ0n) is 13.4. The maximum atomic E-state index is 9.16. The second-order valence-electron chi connectivity index (χ2n) is 5.88. The Morgan fingerprint density at radius 1 is 1.24 bits per heavy atom. The van der Waals surface area contributed by atoms with Crippen LogP contribution >= 0.6 is 11.3 Å². The number of nitrogens with one attached hydrogen (secondary N) is 1. The van der Waals surface area contributed by atoms with Crippen LogP contribution in [-0.4, -0.2) is 18.3 Å². The van der Waals surface area contributed by atoms with Gasteiger partial charge in [0.2, 0.25) is 0 Å². The molecule has 2 aromatic rings. The molecular weight excluding hydrogens is 278 g/mol. The smallest absolute Gasteiger partial charge is 0.0434 e. The van der Waals surface area contributed by atoms with Crippen molar-refractivity contribution in [2.24, 2.45) is 5.92 Å². The van der Waals surface area contributed by atoms with Crippen molar-refractivity contribution in [1.29, 1.82) is 0 Å². The van der Waals surface area contributed by atoms with Crippen molar-refractivity contribution in [3.05, 3.63) is 34.7 Å². The van der Waals surface area contributed by atoms with Gasteiger partial charge in [0.15, 0.2) is 0 Å². The minimum absolute atomic E-state index is 0.294. The molecule has 21 heavy (non-hydrogen) atoms. The van der Waals surface area contributed by atoms with Crippen LogP contribution < -0.4 is 5.32 Å². The largest absolute Gasteiger partial charge is 0.396 e. The van der Waals surface area contributed by atoms with E-state index in [1.54, 1.807) is 0 Å². The summed E-state index contributed by atoms with van der Waals surface area (Å²) in [6.07, 6.45) is 3.27. The number of benzene rings is 1. The summed E-state index contributed by atoms with van der Waals surface area (Å²) in [5.74, 6) is 0.581. The zero-order chi connectivity index (χ0) is 15.2. The molecule has 0 amide bonds. The van der Waals surface area contributed by atoms with E-state index >= 15 is 0 Å². The first-order valence-corrected chi connectivity index (χ1v) is 8.81. The van der Waals surface area contributed by atoms with Gasteiger partial charge in [0.25, 0.3) is 0 Å². The highest BCUT2D eigenvalue weighted by molar-refractivity contribution is 7.19. The maximum absolute atomic E-state index is 9.16. The fourth-order valence-electron chi connectivity index (χ4n) is 2.98. The Morgan fingerprint density at radius 3 is 2.67 bits per heavy atom. The van der Waals surface area contributed by atoms with Crippen molar-refractivity contribution in [1.82, 2.24) is 5.32 Å². The number of fused-ring (bicyclic) bond motifs is 1. The Morgan fingerprint density at radius 2 is 2.00 bits per heavy atom. The summed E-state index contributed by atoms with van der Waals surface area (Å²) in [5.41, 5.74) is 1.41. The van der Waals surface area contributed by atoms with E-state index in [0.29, 0.717) is 18.6 Å². The van der Waals surface area contributed by atoms with Crippen LogP contribution in [0, 0.1) is 12.8 Å². The normalized spacial score (nSPS) is 14.5. The first-order valence-electron chi connectivity index (χ1n) is 7.99. The minimum Gasteiger partial charge on any atom is -0.396 e. The molecule has 2 unspecified atom stereocenters. The van der Waals surface area contributed by atoms with Crippen molar-refractivity contribution >= 4 is 21.4 Å². The van der Waals surface area contributed by atoms with Gasteiger partial charge >= 0.3 is 0 Å². The zero-order valence-corrected chi connectivity index (χ0v) is 14.2. The van der Waals surface area contributed by atoms with E-state index in [4.69, 9.17) is 5.11 Å². The molecule has 1 heterocycles. The third-order valence-corrected chi connectivity index (χ3v) is 5.68. The average molecular weight is 305 g/mol. The van der Waals surface area contributed by atoms with Gasteiger partial charge in [0, 0.05) is 22.2 Å². The maximum Gasteiger partial charge on any atom is 0.0434 e. The van der Waals surface area contributed by atoms with E-state index in [-0.39, 0.29) is 0 Å². The van der Waals surface area contributed by atoms with Crippen molar-refractivity contribution in [3.63, 3.8) is 0 Å². The molecule has 116 valence electrons. The van der Waals surface area contributed by atoms with Gasteiger partial charge in [-0.1, -0.05) is 31.5 Å². The fourth-order valence-corrected chi connectivity index (χ4v) is 4.22. The Labute approximate surface area is 132 Å². The molecule has 0 saturated heterocycles. The van der Waals surface area contributed by atoms with E-state index in [2.05, 4.69) is 50.4 Å². The fraction of sp³-hybridized carbons (Fsp3) is 0.556. The van der Waals surface area contributed by atoms with Gasteiger partial charge in [-0.15, -0.1) is 11.3 Å². The summed E-state index contributed by atoms with van der Waals surface area (Å²) in [6, 6.07) is 9.01. The molecule has 0 radical (unpaired) electrons. The summed E-state index contributed by atoms with van der Waals surface area (Å²) >= 11 is 1.90. The van der Waals surface area contributed by atoms with Crippen LogP contribution in [0.2, 0.25) is 0 Å². The predicted molar refractivity (Wildman–Crippen MR) is 93.1 cm³/mol. The molecule has 2 N–H and O–H groups in total. The SMILES string of the molecule is CCCC(CCO)CNC(C)c1sc2ccccc2c1C. The van der Waals surface area contributed by atoms with E-state index in [1.165, 1.54) is 33.4 Å². The lowest BCUT2D eigenvalue weighted by atomic mass is 9.99. The number of hydrogen-bond donors (Lipinski definition) is 2. The summed E-state index contributed by atoms with van der Waals surface area (Å²) in [5, 5.41) is 14.2. The van der Waals surface area contributed by atoms with E-state index in [0.717, 1.165) is 13.0 Å². The van der Waals surface area contributed by atoms with E-state index < -0.39 is 0 Å². The predicted octanol–water partition coefficient (Wildman–Crippen LogP) is 4.66. The van der Waals surface area contributed by atoms with Gasteiger partial charge in [-0.2, -0.15) is 0 Å². The molecule has 0 aliphatic heterocycles. The van der Waals surface area contributed by atoms with Gasteiger partial charge in [0.1, 0.15) is 0 Å². The van der Waals surface area contributed by atoms with Crippen LogP contribution in [0.1, 0.15) is 49.6 Å². The second kappa shape index (κ2) is 7.92. The Balaban J connectivity index is 2.04.